The summed E-state index contributed by atoms with van der Waals surface area (Å²) in [5.41, 5.74) is 0.763. The molecule has 0 aliphatic heterocycles. The quantitative estimate of drug-likeness (QED) is 0.798. The minimum Gasteiger partial charge on any atom is -0.460 e. The highest BCUT2D eigenvalue weighted by molar-refractivity contribution is 7.15. The summed E-state index contributed by atoms with van der Waals surface area (Å²) < 4.78 is 10.7. The molecule has 3 rings (SSSR count). The van der Waals surface area contributed by atoms with Crippen molar-refractivity contribution in [2.45, 2.75) is 32.6 Å². The summed E-state index contributed by atoms with van der Waals surface area (Å²) in [7, 11) is 0. The first-order chi connectivity index (χ1) is 9.19. The van der Waals surface area contributed by atoms with E-state index in [1.54, 1.807) is 18.3 Å². The first-order valence-electron chi connectivity index (χ1n) is 6.43. The topological polar surface area (TPSA) is 52.3 Å². The predicted octanol–water partition coefficient (Wildman–Crippen LogP) is 3.77. The number of rotatable bonds is 4. The molecule has 100 valence electrons. The minimum atomic E-state index is -0.406. The molecule has 0 unspecified atom stereocenters. The van der Waals surface area contributed by atoms with E-state index in [-0.39, 0.29) is 5.76 Å². The van der Waals surface area contributed by atoms with Gasteiger partial charge in [-0.25, -0.2) is 9.78 Å². The van der Waals surface area contributed by atoms with Gasteiger partial charge in [-0.2, -0.15) is 0 Å². The molecule has 2 heterocycles. The summed E-state index contributed by atoms with van der Waals surface area (Å²) >= 11 is 1.61. The maximum absolute atomic E-state index is 11.9. The third-order valence-electron chi connectivity index (χ3n) is 3.03. The van der Waals surface area contributed by atoms with Crippen LogP contribution in [-0.2, 0) is 4.74 Å². The lowest BCUT2D eigenvalue weighted by Crippen LogP contribution is -2.05. The number of hydrogen-bond donors (Lipinski definition) is 0. The molecule has 1 aliphatic rings. The molecule has 0 spiro atoms. The summed E-state index contributed by atoms with van der Waals surface area (Å²) in [5, 5.41) is 0. The zero-order valence-electron chi connectivity index (χ0n) is 10.9. The fraction of sp³-hybridized carbons (Fsp3) is 0.429. The van der Waals surface area contributed by atoms with Crippen LogP contribution < -0.4 is 0 Å². The van der Waals surface area contributed by atoms with Crippen molar-refractivity contribution in [2.75, 3.05) is 6.61 Å². The maximum atomic E-state index is 11.9. The van der Waals surface area contributed by atoms with E-state index in [0.29, 0.717) is 18.4 Å². The monoisotopic (exact) mass is 277 g/mol. The Bertz CT molecular complexity index is 610. The van der Waals surface area contributed by atoms with Gasteiger partial charge in [0.2, 0.25) is 11.7 Å². The van der Waals surface area contributed by atoms with Gasteiger partial charge in [-0.05, 0) is 38.8 Å². The lowest BCUT2D eigenvalue weighted by molar-refractivity contribution is 0.0489. The fourth-order valence-electron chi connectivity index (χ4n) is 1.96. The van der Waals surface area contributed by atoms with Gasteiger partial charge in [0.25, 0.3) is 0 Å². The summed E-state index contributed by atoms with van der Waals surface area (Å²) in [6.45, 7) is 4.16. The first-order valence-corrected chi connectivity index (χ1v) is 7.25. The van der Waals surface area contributed by atoms with E-state index in [2.05, 4.69) is 4.98 Å². The molecule has 2 aromatic heterocycles. The Morgan fingerprint density at radius 2 is 2.32 bits per heavy atom. The van der Waals surface area contributed by atoms with Crippen LogP contribution >= 0.6 is 11.3 Å². The third-order valence-corrected chi connectivity index (χ3v) is 4.02. The van der Waals surface area contributed by atoms with Crippen LogP contribution in [0.2, 0.25) is 0 Å². The van der Waals surface area contributed by atoms with E-state index in [0.717, 1.165) is 23.4 Å². The molecule has 1 saturated carbocycles. The molecule has 2 aromatic rings. The highest BCUT2D eigenvalue weighted by atomic mass is 32.1. The van der Waals surface area contributed by atoms with Gasteiger partial charge in [0.05, 0.1) is 17.2 Å². The molecule has 0 atom stereocenters. The van der Waals surface area contributed by atoms with Crippen LogP contribution in [-0.4, -0.2) is 17.6 Å². The van der Waals surface area contributed by atoms with Crippen molar-refractivity contribution in [1.29, 1.82) is 0 Å². The Morgan fingerprint density at radius 3 is 2.89 bits per heavy atom. The third kappa shape index (κ3) is 2.42. The Balaban J connectivity index is 1.98. The van der Waals surface area contributed by atoms with E-state index in [9.17, 15) is 4.79 Å². The number of esters is 1. The van der Waals surface area contributed by atoms with Crippen molar-refractivity contribution in [2.24, 2.45) is 0 Å². The lowest BCUT2D eigenvalue weighted by atomic mass is 10.2. The summed E-state index contributed by atoms with van der Waals surface area (Å²) in [5.74, 6) is 0.767. The number of thiophene rings is 1. The Hall–Kier alpha value is -1.62. The summed E-state index contributed by atoms with van der Waals surface area (Å²) in [6, 6.07) is 3.99. The molecule has 19 heavy (non-hydrogen) atoms. The van der Waals surface area contributed by atoms with Gasteiger partial charge in [-0.1, -0.05) is 0 Å². The van der Waals surface area contributed by atoms with E-state index < -0.39 is 5.97 Å². The van der Waals surface area contributed by atoms with Crippen LogP contribution in [0.4, 0.5) is 0 Å². The zero-order chi connectivity index (χ0) is 13.4. The van der Waals surface area contributed by atoms with Crippen molar-refractivity contribution in [3.05, 3.63) is 28.5 Å². The number of hydrogen-bond acceptors (Lipinski definition) is 5. The van der Waals surface area contributed by atoms with Crippen LogP contribution in [0.5, 0.6) is 0 Å². The lowest BCUT2D eigenvalue weighted by Gasteiger charge is -1.98. The van der Waals surface area contributed by atoms with E-state index in [1.165, 1.54) is 4.88 Å². The van der Waals surface area contributed by atoms with Gasteiger partial charge in [-0.15, -0.1) is 11.3 Å². The molecule has 0 aromatic carbocycles. The van der Waals surface area contributed by atoms with Gasteiger partial charge in [0.15, 0.2) is 0 Å². The molecular weight excluding hydrogens is 262 g/mol. The molecule has 1 aliphatic carbocycles. The largest absolute Gasteiger partial charge is 0.460 e. The number of carbonyl (C=O) groups excluding carboxylic acids is 1. The Labute approximate surface area is 115 Å². The molecule has 0 radical (unpaired) electrons. The fourth-order valence-corrected chi connectivity index (χ4v) is 2.76. The number of aromatic nitrogens is 1. The van der Waals surface area contributed by atoms with Crippen molar-refractivity contribution >= 4 is 17.3 Å². The second-order valence-electron chi connectivity index (χ2n) is 4.64. The molecule has 4 nitrogen and oxygen atoms in total. The molecule has 0 amide bonds. The average Bonchev–Trinajstić information content (AvgIpc) is 2.98. The van der Waals surface area contributed by atoms with E-state index >= 15 is 0 Å². The van der Waals surface area contributed by atoms with Gasteiger partial charge < -0.3 is 9.15 Å². The molecule has 0 N–H and O–H groups in total. The highest BCUT2D eigenvalue weighted by Gasteiger charge is 2.34. The van der Waals surface area contributed by atoms with Crippen molar-refractivity contribution in [3.63, 3.8) is 0 Å². The molecule has 0 bridgehead atoms. The van der Waals surface area contributed by atoms with Gasteiger partial charge in [0, 0.05) is 10.8 Å². The molecular formula is C14H15NO3S. The SMILES string of the molecule is CCOC(=O)c1oc(-c2ccc(C)s2)nc1C1CC1. The second kappa shape index (κ2) is 4.81. The molecule has 0 saturated heterocycles. The van der Waals surface area contributed by atoms with Crippen LogP contribution in [0.15, 0.2) is 16.5 Å². The second-order valence-corrected chi connectivity index (χ2v) is 5.93. The Morgan fingerprint density at radius 1 is 1.53 bits per heavy atom. The van der Waals surface area contributed by atoms with Crippen molar-refractivity contribution in [1.82, 2.24) is 4.98 Å². The molecule has 1 fully saturated rings. The normalized spacial score (nSPS) is 14.6. The van der Waals surface area contributed by atoms with Crippen molar-refractivity contribution < 1.29 is 13.9 Å². The predicted molar refractivity (Wildman–Crippen MR) is 72.5 cm³/mol. The number of ether oxygens (including phenoxy) is 1. The standard InChI is InChI=1S/C14H15NO3S/c1-3-17-14(16)12-11(9-5-6-9)15-13(18-12)10-7-4-8(2)19-10/h4,7,9H,3,5-6H2,1-2H3. The Kier molecular flexibility index (Phi) is 3.14. The first kappa shape index (κ1) is 12.4. The molecule has 5 heteroatoms. The zero-order valence-corrected chi connectivity index (χ0v) is 11.8. The summed E-state index contributed by atoms with van der Waals surface area (Å²) in [6.07, 6.45) is 2.14. The number of carbonyl (C=O) groups is 1. The average molecular weight is 277 g/mol. The van der Waals surface area contributed by atoms with E-state index in [1.807, 2.05) is 19.1 Å². The van der Waals surface area contributed by atoms with Crippen molar-refractivity contribution in [3.8, 4) is 10.8 Å². The van der Waals surface area contributed by atoms with Gasteiger partial charge in [-0.3, -0.25) is 0 Å². The highest BCUT2D eigenvalue weighted by Crippen LogP contribution is 2.43. The number of oxazole rings is 1. The number of aryl methyl sites for hydroxylation is 1. The van der Waals surface area contributed by atoms with Crippen LogP contribution in [0.3, 0.4) is 0 Å². The van der Waals surface area contributed by atoms with Gasteiger partial charge >= 0.3 is 5.97 Å². The van der Waals surface area contributed by atoms with Gasteiger partial charge in [0.1, 0.15) is 0 Å². The van der Waals surface area contributed by atoms with E-state index in [4.69, 9.17) is 9.15 Å². The minimum absolute atomic E-state index is 0.283. The van der Waals surface area contributed by atoms with Crippen LogP contribution in [0, 0.1) is 6.92 Å². The van der Waals surface area contributed by atoms with Crippen LogP contribution in [0.25, 0.3) is 10.8 Å². The smallest absolute Gasteiger partial charge is 0.376 e. The summed E-state index contributed by atoms with van der Waals surface area (Å²) in [4.78, 5) is 18.5. The maximum Gasteiger partial charge on any atom is 0.376 e. The van der Waals surface area contributed by atoms with Crippen LogP contribution in [0.1, 0.15) is 46.8 Å². The number of nitrogens with zero attached hydrogens (tertiary/aromatic N) is 1.